The van der Waals surface area contributed by atoms with Crippen LogP contribution in [0.15, 0.2) is 0 Å². The molecule has 0 aliphatic heterocycles. The normalized spacial score (nSPS) is 13.9. The maximum absolute atomic E-state index is 5.86. The quantitative estimate of drug-likeness (QED) is 0.453. The lowest BCUT2D eigenvalue weighted by Gasteiger charge is -2.29. The molecule has 2 nitrogen and oxygen atoms in total. The van der Waals surface area contributed by atoms with Crippen LogP contribution in [0.2, 0.25) is 0 Å². The Morgan fingerprint density at radius 2 is 1.88 bits per heavy atom. The topological polar surface area (TPSA) is 38.0 Å². The van der Waals surface area contributed by atoms with E-state index in [9.17, 15) is 0 Å². The van der Waals surface area contributed by atoms with E-state index in [4.69, 9.17) is 5.73 Å². The van der Waals surface area contributed by atoms with Crippen LogP contribution in [0.4, 0.5) is 0 Å². The van der Waals surface area contributed by atoms with Gasteiger partial charge in [-0.25, -0.2) is 0 Å². The van der Waals surface area contributed by atoms with Crippen molar-refractivity contribution >= 4 is 0 Å². The Labute approximate surface area is 108 Å². The Bertz CT molecular complexity index is 227. The molecule has 2 heteroatoms. The Morgan fingerprint density at radius 3 is 2.47 bits per heavy atom. The summed E-state index contributed by atoms with van der Waals surface area (Å²) in [4.78, 5) is 0. The molecule has 1 unspecified atom stereocenters. The zero-order valence-corrected chi connectivity index (χ0v) is 11.9. The van der Waals surface area contributed by atoms with Gasteiger partial charge in [-0.2, -0.15) is 0 Å². The molecule has 0 aliphatic rings. The summed E-state index contributed by atoms with van der Waals surface area (Å²) in [6.07, 6.45) is 8.73. The van der Waals surface area contributed by atoms with Crippen molar-refractivity contribution in [2.45, 2.75) is 71.3 Å². The van der Waals surface area contributed by atoms with Gasteiger partial charge in [-0.05, 0) is 20.3 Å². The fourth-order valence-electron chi connectivity index (χ4n) is 1.93. The van der Waals surface area contributed by atoms with Crippen LogP contribution < -0.4 is 11.1 Å². The van der Waals surface area contributed by atoms with Gasteiger partial charge in [0.1, 0.15) is 0 Å². The number of rotatable bonds is 10. The average Bonchev–Trinajstić information content (AvgIpc) is 2.34. The van der Waals surface area contributed by atoms with Crippen LogP contribution in [0.3, 0.4) is 0 Å². The number of nitrogens with one attached hydrogen (secondary N) is 1. The summed E-state index contributed by atoms with van der Waals surface area (Å²) >= 11 is 0. The monoisotopic (exact) mass is 238 g/mol. The molecule has 0 aliphatic carbocycles. The second-order valence-corrected chi connectivity index (χ2v) is 5.03. The van der Waals surface area contributed by atoms with Crippen molar-refractivity contribution < 1.29 is 0 Å². The van der Waals surface area contributed by atoms with Crippen LogP contribution in [0.25, 0.3) is 0 Å². The van der Waals surface area contributed by atoms with Crippen molar-refractivity contribution in [3.63, 3.8) is 0 Å². The molecule has 17 heavy (non-hydrogen) atoms. The third-order valence-electron chi connectivity index (χ3n) is 3.26. The maximum atomic E-state index is 5.86. The Morgan fingerprint density at radius 1 is 1.18 bits per heavy atom. The Kier molecular flexibility index (Phi) is 10.3. The van der Waals surface area contributed by atoms with E-state index in [2.05, 4.69) is 31.0 Å². The van der Waals surface area contributed by atoms with E-state index in [0.29, 0.717) is 6.54 Å². The lowest BCUT2D eigenvalue weighted by molar-refractivity contribution is 0.330. The van der Waals surface area contributed by atoms with Crippen molar-refractivity contribution in [2.75, 3.05) is 13.1 Å². The molecule has 0 amide bonds. The number of nitrogens with two attached hydrogens (primary N) is 1. The summed E-state index contributed by atoms with van der Waals surface area (Å²) in [5.74, 6) is 5.99. The molecule has 0 heterocycles. The van der Waals surface area contributed by atoms with Gasteiger partial charge in [-0.3, -0.25) is 0 Å². The first-order chi connectivity index (χ1) is 8.18. The van der Waals surface area contributed by atoms with Crippen LogP contribution >= 0.6 is 0 Å². The minimum Gasteiger partial charge on any atom is -0.329 e. The second-order valence-electron chi connectivity index (χ2n) is 5.03. The summed E-state index contributed by atoms with van der Waals surface area (Å²) in [7, 11) is 0. The fraction of sp³-hybridized carbons (Fsp3) is 0.867. The highest BCUT2D eigenvalue weighted by atomic mass is 15.0. The molecule has 0 saturated carbocycles. The zero-order valence-electron chi connectivity index (χ0n) is 11.9. The second kappa shape index (κ2) is 10.6. The van der Waals surface area contributed by atoms with Crippen LogP contribution in [-0.4, -0.2) is 18.6 Å². The lowest BCUT2D eigenvalue weighted by Crippen LogP contribution is -2.48. The predicted octanol–water partition coefficient (Wildman–Crippen LogP) is 3.07. The number of hydrogen-bond acceptors (Lipinski definition) is 2. The number of unbranched alkanes of at least 4 members (excludes halogenated alkanes) is 4. The van der Waals surface area contributed by atoms with Gasteiger partial charge < -0.3 is 11.1 Å². The summed E-state index contributed by atoms with van der Waals surface area (Å²) < 4.78 is 0. The van der Waals surface area contributed by atoms with Crippen molar-refractivity contribution in [1.82, 2.24) is 5.32 Å². The highest BCUT2D eigenvalue weighted by Gasteiger charge is 2.20. The molecule has 0 bridgehead atoms. The van der Waals surface area contributed by atoms with Crippen LogP contribution in [0.1, 0.15) is 65.7 Å². The van der Waals surface area contributed by atoms with E-state index >= 15 is 0 Å². The van der Waals surface area contributed by atoms with Crippen molar-refractivity contribution in [2.24, 2.45) is 5.73 Å². The lowest BCUT2D eigenvalue weighted by atomic mass is 9.94. The third-order valence-corrected chi connectivity index (χ3v) is 3.26. The van der Waals surface area contributed by atoms with Crippen LogP contribution in [0.5, 0.6) is 0 Å². The first-order valence-corrected chi connectivity index (χ1v) is 7.03. The standard InChI is InChI=1S/C15H30N2/c1-4-6-8-9-10-12-15(3,14-16)17-13-11-7-5-2/h17H,4,6,8-14,16H2,1-3H3. The maximum Gasteiger partial charge on any atom is 0.0276 e. The largest absolute Gasteiger partial charge is 0.329 e. The average molecular weight is 238 g/mol. The van der Waals surface area contributed by atoms with Crippen LogP contribution in [0, 0.1) is 11.8 Å². The predicted molar refractivity (Wildman–Crippen MR) is 76.9 cm³/mol. The molecule has 3 N–H and O–H groups in total. The summed E-state index contributed by atoms with van der Waals surface area (Å²) in [5, 5.41) is 3.54. The van der Waals surface area contributed by atoms with Crippen molar-refractivity contribution in [3.05, 3.63) is 0 Å². The molecule has 0 spiro atoms. The van der Waals surface area contributed by atoms with Gasteiger partial charge >= 0.3 is 0 Å². The molecule has 0 aromatic rings. The highest BCUT2D eigenvalue weighted by molar-refractivity contribution is 4.96. The van der Waals surface area contributed by atoms with Gasteiger partial charge in [-0.15, -0.1) is 11.8 Å². The molecular weight excluding hydrogens is 208 g/mol. The molecule has 0 fully saturated rings. The van der Waals surface area contributed by atoms with E-state index < -0.39 is 0 Å². The van der Waals surface area contributed by atoms with Gasteiger partial charge in [0, 0.05) is 25.0 Å². The Balaban J connectivity index is 3.71. The SMILES string of the molecule is CC#CCCNC(C)(CN)CCCCCCC. The molecular formula is C15H30N2. The minimum atomic E-state index is 0.0988. The van der Waals surface area contributed by atoms with E-state index in [-0.39, 0.29) is 5.54 Å². The minimum absolute atomic E-state index is 0.0988. The van der Waals surface area contributed by atoms with Gasteiger partial charge in [0.05, 0.1) is 0 Å². The van der Waals surface area contributed by atoms with Crippen molar-refractivity contribution in [3.8, 4) is 11.8 Å². The van der Waals surface area contributed by atoms with Gasteiger partial charge in [0.15, 0.2) is 0 Å². The highest BCUT2D eigenvalue weighted by Crippen LogP contribution is 2.14. The Hall–Kier alpha value is -0.520. The molecule has 100 valence electrons. The third kappa shape index (κ3) is 9.21. The van der Waals surface area contributed by atoms with Crippen LogP contribution in [-0.2, 0) is 0 Å². The van der Waals surface area contributed by atoms with Crippen molar-refractivity contribution in [1.29, 1.82) is 0 Å². The van der Waals surface area contributed by atoms with Gasteiger partial charge in [0.25, 0.3) is 0 Å². The molecule has 1 atom stereocenters. The summed E-state index contributed by atoms with van der Waals surface area (Å²) in [6, 6.07) is 0. The molecule has 0 aromatic carbocycles. The molecule has 0 rings (SSSR count). The molecule has 0 saturated heterocycles. The smallest absolute Gasteiger partial charge is 0.0276 e. The summed E-state index contributed by atoms with van der Waals surface area (Å²) in [6.45, 7) is 8.02. The van der Waals surface area contributed by atoms with E-state index in [1.807, 2.05) is 6.92 Å². The van der Waals surface area contributed by atoms with Gasteiger partial charge in [-0.1, -0.05) is 39.0 Å². The fourth-order valence-corrected chi connectivity index (χ4v) is 1.93. The molecule has 0 aromatic heterocycles. The zero-order chi connectivity index (χ0) is 13.0. The van der Waals surface area contributed by atoms with E-state index in [0.717, 1.165) is 13.0 Å². The van der Waals surface area contributed by atoms with E-state index in [1.54, 1.807) is 0 Å². The van der Waals surface area contributed by atoms with Gasteiger partial charge in [0.2, 0.25) is 0 Å². The number of hydrogen-bond donors (Lipinski definition) is 2. The first-order valence-electron chi connectivity index (χ1n) is 7.03. The van der Waals surface area contributed by atoms with E-state index in [1.165, 1.54) is 38.5 Å². The summed E-state index contributed by atoms with van der Waals surface area (Å²) in [5.41, 5.74) is 5.96. The first kappa shape index (κ1) is 16.5. The molecule has 0 radical (unpaired) electrons.